The maximum Gasteiger partial charge on any atom is 0.260 e. The van der Waals surface area contributed by atoms with Crippen LogP contribution >= 0.6 is 34.3 Å². The molecule has 18 heavy (non-hydrogen) atoms. The van der Waals surface area contributed by atoms with Crippen molar-refractivity contribution in [1.82, 2.24) is 9.97 Å². The molecule has 0 aliphatic rings. The van der Waals surface area contributed by atoms with Gasteiger partial charge in [0.1, 0.15) is 10.7 Å². The quantitative estimate of drug-likeness (QED) is 0.726. The minimum Gasteiger partial charge on any atom is -0.309 e. The summed E-state index contributed by atoms with van der Waals surface area (Å²) in [6.07, 6.45) is 0. The molecular weight excluding hydrogens is 288 g/mol. The Balaban J connectivity index is 2.30. The molecule has 0 bridgehead atoms. The lowest BCUT2D eigenvalue weighted by molar-refractivity contribution is 0.917. The van der Waals surface area contributed by atoms with Gasteiger partial charge in [0.05, 0.1) is 10.8 Å². The maximum atomic E-state index is 12.1. The third-order valence-corrected chi connectivity index (χ3v) is 4.61. The third kappa shape index (κ3) is 1.88. The molecule has 0 radical (unpaired) electrons. The van der Waals surface area contributed by atoms with Crippen LogP contribution in [-0.4, -0.2) is 9.97 Å². The van der Waals surface area contributed by atoms with Gasteiger partial charge in [-0.05, 0) is 18.4 Å². The molecule has 0 fully saturated rings. The van der Waals surface area contributed by atoms with E-state index < -0.39 is 0 Å². The summed E-state index contributed by atoms with van der Waals surface area (Å²) < 4.78 is 0. The molecule has 0 saturated carbocycles. The molecule has 0 aromatic carbocycles. The first kappa shape index (κ1) is 11.9. The van der Waals surface area contributed by atoms with E-state index in [2.05, 4.69) is 9.97 Å². The van der Waals surface area contributed by atoms with E-state index in [9.17, 15) is 4.79 Å². The fraction of sp³-hybridized carbons (Fsp3) is 0.167. The predicted molar refractivity (Wildman–Crippen MR) is 77.8 cm³/mol. The van der Waals surface area contributed by atoms with Crippen LogP contribution in [0.2, 0.25) is 0 Å². The van der Waals surface area contributed by atoms with Crippen LogP contribution in [0.15, 0.2) is 27.7 Å². The van der Waals surface area contributed by atoms with E-state index in [4.69, 9.17) is 11.6 Å². The van der Waals surface area contributed by atoms with E-state index in [0.29, 0.717) is 11.2 Å². The molecule has 0 amide bonds. The molecule has 6 heteroatoms. The Bertz CT molecular complexity index is 743. The van der Waals surface area contributed by atoms with E-state index >= 15 is 0 Å². The number of nitrogens with zero attached hydrogens (tertiary/aromatic N) is 1. The number of alkyl halides is 1. The van der Waals surface area contributed by atoms with Gasteiger partial charge in [-0.3, -0.25) is 4.79 Å². The van der Waals surface area contributed by atoms with Crippen molar-refractivity contribution >= 4 is 44.5 Å². The molecule has 3 rings (SSSR count). The van der Waals surface area contributed by atoms with Crippen LogP contribution in [-0.2, 0) is 0 Å². The SMILES string of the molecule is CC(Cl)c1nc2scc(-c3cccs3)c2c(=O)[nH]1. The highest BCUT2D eigenvalue weighted by Crippen LogP contribution is 2.33. The number of thiophene rings is 2. The summed E-state index contributed by atoms with van der Waals surface area (Å²) in [6, 6.07) is 3.98. The zero-order valence-corrected chi connectivity index (χ0v) is 11.8. The molecule has 0 saturated heterocycles. The molecule has 3 heterocycles. The number of hydrogen-bond donors (Lipinski definition) is 1. The van der Waals surface area contributed by atoms with E-state index in [0.717, 1.165) is 15.3 Å². The van der Waals surface area contributed by atoms with Crippen LogP contribution < -0.4 is 5.56 Å². The van der Waals surface area contributed by atoms with Gasteiger partial charge in [-0.25, -0.2) is 4.98 Å². The second kappa shape index (κ2) is 4.50. The predicted octanol–water partition coefficient (Wildman–Crippen LogP) is 4.01. The van der Waals surface area contributed by atoms with Gasteiger partial charge in [-0.2, -0.15) is 0 Å². The lowest BCUT2D eigenvalue weighted by Crippen LogP contribution is -2.11. The van der Waals surface area contributed by atoms with Crippen molar-refractivity contribution in [2.45, 2.75) is 12.3 Å². The summed E-state index contributed by atoms with van der Waals surface area (Å²) in [5.74, 6) is 0.522. The van der Waals surface area contributed by atoms with E-state index in [-0.39, 0.29) is 10.9 Å². The molecule has 3 nitrogen and oxygen atoms in total. The Morgan fingerprint density at radius 2 is 2.28 bits per heavy atom. The zero-order chi connectivity index (χ0) is 12.7. The topological polar surface area (TPSA) is 45.8 Å². The summed E-state index contributed by atoms with van der Waals surface area (Å²) >= 11 is 9.05. The van der Waals surface area contributed by atoms with Gasteiger partial charge in [-0.1, -0.05) is 6.07 Å². The summed E-state index contributed by atoms with van der Waals surface area (Å²) in [7, 11) is 0. The summed E-state index contributed by atoms with van der Waals surface area (Å²) in [4.78, 5) is 21.1. The molecule has 0 aliphatic carbocycles. The normalized spacial score (nSPS) is 13.0. The molecule has 3 aromatic rings. The number of aromatic amines is 1. The van der Waals surface area contributed by atoms with Crippen LogP contribution in [0.25, 0.3) is 20.7 Å². The Kier molecular flexibility index (Phi) is 2.97. The second-order valence-corrected chi connectivity index (χ2v) is 6.33. The zero-order valence-electron chi connectivity index (χ0n) is 9.44. The number of rotatable bonds is 2. The molecule has 0 aliphatic heterocycles. The van der Waals surface area contributed by atoms with Gasteiger partial charge < -0.3 is 4.98 Å². The van der Waals surface area contributed by atoms with Gasteiger partial charge in [0, 0.05) is 15.8 Å². The number of aromatic nitrogens is 2. The largest absolute Gasteiger partial charge is 0.309 e. The highest BCUT2D eigenvalue weighted by atomic mass is 35.5. The molecule has 0 spiro atoms. The first-order chi connectivity index (χ1) is 8.66. The molecular formula is C12H9ClN2OS2. The summed E-state index contributed by atoms with van der Waals surface area (Å²) in [5.41, 5.74) is 0.833. The molecule has 1 N–H and O–H groups in total. The van der Waals surface area contributed by atoms with Crippen molar-refractivity contribution < 1.29 is 0 Å². The Labute approximate surface area is 116 Å². The Morgan fingerprint density at radius 1 is 1.44 bits per heavy atom. The average molecular weight is 297 g/mol. The number of nitrogens with one attached hydrogen (secondary N) is 1. The number of hydrogen-bond acceptors (Lipinski definition) is 4. The lowest BCUT2D eigenvalue weighted by atomic mass is 10.2. The Morgan fingerprint density at radius 3 is 2.94 bits per heavy atom. The van der Waals surface area contributed by atoms with E-state index in [1.807, 2.05) is 22.9 Å². The monoisotopic (exact) mass is 296 g/mol. The fourth-order valence-corrected chi connectivity index (χ4v) is 3.64. The average Bonchev–Trinajstić information content (AvgIpc) is 2.96. The van der Waals surface area contributed by atoms with Crippen LogP contribution in [0.4, 0.5) is 0 Å². The minimum absolute atomic E-state index is 0.118. The smallest absolute Gasteiger partial charge is 0.260 e. The van der Waals surface area contributed by atoms with E-state index in [1.54, 1.807) is 18.3 Å². The lowest BCUT2D eigenvalue weighted by Gasteiger charge is -2.02. The fourth-order valence-electron chi connectivity index (χ4n) is 1.77. The second-order valence-electron chi connectivity index (χ2n) is 3.87. The highest BCUT2D eigenvalue weighted by molar-refractivity contribution is 7.18. The van der Waals surface area contributed by atoms with Crippen LogP contribution in [0.3, 0.4) is 0 Å². The minimum atomic E-state index is -0.297. The number of H-pyrrole nitrogens is 1. The highest BCUT2D eigenvalue weighted by Gasteiger charge is 2.14. The van der Waals surface area contributed by atoms with Crippen molar-refractivity contribution in [3.05, 3.63) is 39.1 Å². The van der Waals surface area contributed by atoms with Crippen molar-refractivity contribution in [2.75, 3.05) is 0 Å². The summed E-state index contributed by atoms with van der Waals surface area (Å²) in [6.45, 7) is 1.79. The van der Waals surface area contributed by atoms with E-state index in [1.165, 1.54) is 11.3 Å². The standard InChI is InChI=1S/C12H9ClN2OS2/c1-6(13)10-14-11(16)9-7(5-18-12(9)15-10)8-3-2-4-17-8/h2-6H,1H3,(H,14,15,16). The van der Waals surface area contributed by atoms with Crippen molar-refractivity contribution in [2.24, 2.45) is 0 Å². The first-order valence-corrected chi connectivity index (χ1v) is 7.55. The number of halogens is 1. The molecule has 3 aromatic heterocycles. The Hall–Kier alpha value is -1.17. The van der Waals surface area contributed by atoms with Crippen LogP contribution in [0, 0.1) is 0 Å². The first-order valence-electron chi connectivity index (χ1n) is 5.36. The molecule has 1 unspecified atom stereocenters. The number of fused-ring (bicyclic) bond motifs is 1. The van der Waals surface area contributed by atoms with Gasteiger partial charge in [0.15, 0.2) is 0 Å². The van der Waals surface area contributed by atoms with Crippen molar-refractivity contribution in [1.29, 1.82) is 0 Å². The summed E-state index contributed by atoms with van der Waals surface area (Å²) in [5, 5.41) is 4.33. The van der Waals surface area contributed by atoms with Crippen molar-refractivity contribution in [3.63, 3.8) is 0 Å². The van der Waals surface area contributed by atoms with Crippen LogP contribution in [0.1, 0.15) is 18.1 Å². The van der Waals surface area contributed by atoms with Gasteiger partial charge >= 0.3 is 0 Å². The van der Waals surface area contributed by atoms with Gasteiger partial charge in [-0.15, -0.1) is 34.3 Å². The molecule has 92 valence electrons. The van der Waals surface area contributed by atoms with Crippen molar-refractivity contribution in [3.8, 4) is 10.4 Å². The van der Waals surface area contributed by atoms with Gasteiger partial charge in [0.2, 0.25) is 0 Å². The maximum absolute atomic E-state index is 12.1. The molecule has 1 atom stereocenters. The third-order valence-electron chi connectivity index (χ3n) is 2.63. The van der Waals surface area contributed by atoms with Crippen LogP contribution in [0.5, 0.6) is 0 Å². The van der Waals surface area contributed by atoms with Gasteiger partial charge in [0.25, 0.3) is 5.56 Å².